The van der Waals surface area contributed by atoms with Crippen molar-refractivity contribution in [2.45, 2.75) is 52.6 Å². The summed E-state index contributed by atoms with van der Waals surface area (Å²) < 4.78 is 0. The van der Waals surface area contributed by atoms with Gasteiger partial charge in [0.05, 0.1) is 6.04 Å². The van der Waals surface area contributed by atoms with Gasteiger partial charge in [-0.05, 0) is 19.8 Å². The van der Waals surface area contributed by atoms with Crippen LogP contribution in [0.3, 0.4) is 0 Å². The average Bonchev–Trinajstić information content (AvgIpc) is 3.07. The number of hydrogen-bond donors (Lipinski definition) is 2. The first kappa shape index (κ1) is 15.5. The summed E-state index contributed by atoms with van der Waals surface area (Å²) in [6, 6.07) is -0.644. The van der Waals surface area contributed by atoms with E-state index in [2.05, 4.69) is 20.5 Å². The number of H-pyrrole nitrogens is 1. The number of aromatic nitrogens is 3. The first-order chi connectivity index (χ1) is 9.80. The molecule has 2 unspecified atom stereocenters. The Kier molecular flexibility index (Phi) is 4.29. The third kappa shape index (κ3) is 3.40. The fourth-order valence-corrected chi connectivity index (χ4v) is 2.51. The third-order valence-corrected chi connectivity index (χ3v) is 3.66. The summed E-state index contributed by atoms with van der Waals surface area (Å²) in [5, 5.41) is 9.40. The van der Waals surface area contributed by atoms with E-state index in [-0.39, 0.29) is 23.9 Å². The van der Waals surface area contributed by atoms with Gasteiger partial charge in [-0.15, -0.1) is 0 Å². The highest BCUT2D eigenvalue weighted by molar-refractivity contribution is 5.90. The molecule has 0 bridgehead atoms. The van der Waals surface area contributed by atoms with E-state index >= 15 is 0 Å². The first-order valence-corrected chi connectivity index (χ1v) is 7.27. The number of amides is 2. The topological polar surface area (TPSA) is 91.0 Å². The van der Waals surface area contributed by atoms with Gasteiger partial charge in [0.15, 0.2) is 0 Å². The molecule has 1 saturated heterocycles. The quantitative estimate of drug-likeness (QED) is 0.870. The molecule has 1 aliphatic heterocycles. The Labute approximate surface area is 124 Å². The Hall–Kier alpha value is -1.92. The molecule has 2 rings (SSSR count). The van der Waals surface area contributed by atoms with Crippen molar-refractivity contribution in [2.75, 3.05) is 6.54 Å². The molecule has 1 aromatic rings. The van der Waals surface area contributed by atoms with Crippen LogP contribution in [0.1, 0.15) is 52.4 Å². The van der Waals surface area contributed by atoms with Gasteiger partial charge in [0.25, 0.3) is 0 Å². The van der Waals surface area contributed by atoms with Crippen LogP contribution in [0.15, 0.2) is 6.33 Å². The van der Waals surface area contributed by atoms with Crippen molar-refractivity contribution in [3.63, 3.8) is 0 Å². The number of likely N-dealkylation sites (tertiary alicyclic amines) is 1. The Balaban J connectivity index is 2.03. The Morgan fingerprint density at radius 1 is 1.48 bits per heavy atom. The largest absolute Gasteiger partial charge is 0.345 e. The van der Waals surface area contributed by atoms with Gasteiger partial charge in [-0.1, -0.05) is 20.8 Å². The zero-order chi connectivity index (χ0) is 15.6. The minimum absolute atomic E-state index is 0.0208. The lowest BCUT2D eigenvalue weighted by atomic mass is 9.94. The molecule has 0 radical (unpaired) electrons. The van der Waals surface area contributed by atoms with E-state index in [4.69, 9.17) is 0 Å². The summed E-state index contributed by atoms with van der Waals surface area (Å²) in [7, 11) is 0. The standard InChI is InChI=1S/C14H23N5O2/c1-9(11-15-8-16-18-11)17-12(20)10-6-5-7-19(10)13(21)14(2,3)4/h8-10H,5-7H2,1-4H3,(H,17,20)(H,15,16,18). The normalized spacial score (nSPS) is 20.4. The van der Waals surface area contributed by atoms with Crippen LogP contribution in [0, 0.1) is 5.41 Å². The second-order valence-corrected chi connectivity index (χ2v) is 6.51. The van der Waals surface area contributed by atoms with Crippen LogP contribution in [0.5, 0.6) is 0 Å². The van der Waals surface area contributed by atoms with Crippen molar-refractivity contribution in [1.29, 1.82) is 0 Å². The van der Waals surface area contributed by atoms with Crippen molar-refractivity contribution in [2.24, 2.45) is 5.41 Å². The number of aromatic amines is 1. The van der Waals surface area contributed by atoms with Crippen LogP contribution in [0.25, 0.3) is 0 Å². The number of nitrogens with zero attached hydrogens (tertiary/aromatic N) is 3. The highest BCUT2D eigenvalue weighted by Crippen LogP contribution is 2.25. The summed E-state index contributed by atoms with van der Waals surface area (Å²) >= 11 is 0. The molecule has 1 aromatic heterocycles. The summed E-state index contributed by atoms with van der Waals surface area (Å²) in [5.41, 5.74) is -0.473. The molecule has 2 N–H and O–H groups in total. The molecular weight excluding hydrogens is 270 g/mol. The van der Waals surface area contributed by atoms with Crippen LogP contribution in [-0.4, -0.2) is 44.5 Å². The van der Waals surface area contributed by atoms with Gasteiger partial charge in [0, 0.05) is 12.0 Å². The molecule has 7 nitrogen and oxygen atoms in total. The Bertz CT molecular complexity index is 506. The molecule has 1 fully saturated rings. The minimum Gasteiger partial charge on any atom is -0.345 e. The maximum absolute atomic E-state index is 12.4. The van der Waals surface area contributed by atoms with Gasteiger partial charge in [0.1, 0.15) is 18.2 Å². The van der Waals surface area contributed by atoms with Gasteiger partial charge < -0.3 is 10.2 Å². The van der Waals surface area contributed by atoms with E-state index in [1.54, 1.807) is 4.90 Å². The molecular formula is C14H23N5O2. The monoisotopic (exact) mass is 293 g/mol. The number of carbonyl (C=O) groups is 2. The maximum atomic E-state index is 12.4. The predicted octanol–water partition coefficient (Wildman–Crippen LogP) is 1.02. The lowest BCUT2D eigenvalue weighted by Crippen LogP contribution is -2.49. The second kappa shape index (κ2) is 5.83. The summed E-state index contributed by atoms with van der Waals surface area (Å²) in [5.74, 6) is 0.497. The fourth-order valence-electron chi connectivity index (χ4n) is 2.51. The van der Waals surface area contributed by atoms with Crippen LogP contribution in [0.2, 0.25) is 0 Å². The van der Waals surface area contributed by atoms with E-state index in [0.717, 1.165) is 6.42 Å². The van der Waals surface area contributed by atoms with Crippen molar-refractivity contribution in [3.8, 4) is 0 Å². The molecule has 0 spiro atoms. The molecule has 0 aliphatic carbocycles. The highest BCUT2D eigenvalue weighted by Gasteiger charge is 2.38. The zero-order valence-electron chi connectivity index (χ0n) is 13.0. The lowest BCUT2D eigenvalue weighted by molar-refractivity contribution is -0.144. The Morgan fingerprint density at radius 3 is 2.76 bits per heavy atom. The minimum atomic E-state index is -0.473. The van der Waals surface area contributed by atoms with Gasteiger partial charge in [-0.2, -0.15) is 5.10 Å². The number of hydrogen-bond acceptors (Lipinski definition) is 4. The average molecular weight is 293 g/mol. The summed E-state index contributed by atoms with van der Waals surface area (Å²) in [6.07, 6.45) is 2.97. The van der Waals surface area contributed by atoms with Gasteiger partial charge >= 0.3 is 0 Å². The molecule has 2 heterocycles. The molecule has 2 amide bonds. The molecule has 7 heteroatoms. The smallest absolute Gasteiger partial charge is 0.243 e. The van der Waals surface area contributed by atoms with Gasteiger partial charge in [-0.25, -0.2) is 4.98 Å². The van der Waals surface area contributed by atoms with Crippen molar-refractivity contribution < 1.29 is 9.59 Å². The summed E-state index contributed by atoms with van der Waals surface area (Å²) in [6.45, 7) is 8.10. The lowest BCUT2D eigenvalue weighted by Gasteiger charge is -2.30. The van der Waals surface area contributed by atoms with Gasteiger partial charge in [0.2, 0.25) is 11.8 Å². The van der Waals surface area contributed by atoms with E-state index in [1.807, 2.05) is 27.7 Å². The van der Waals surface area contributed by atoms with E-state index in [9.17, 15) is 9.59 Å². The number of carbonyl (C=O) groups excluding carboxylic acids is 2. The SMILES string of the molecule is CC(NC(=O)C1CCCN1C(=O)C(C)(C)C)c1ncn[nH]1. The molecule has 0 aromatic carbocycles. The summed E-state index contributed by atoms with van der Waals surface area (Å²) in [4.78, 5) is 30.6. The number of nitrogens with one attached hydrogen (secondary N) is 2. The molecule has 1 aliphatic rings. The van der Waals surface area contributed by atoms with Crippen molar-refractivity contribution in [3.05, 3.63) is 12.2 Å². The second-order valence-electron chi connectivity index (χ2n) is 6.51. The molecule has 2 atom stereocenters. The van der Waals surface area contributed by atoms with E-state index < -0.39 is 5.41 Å². The van der Waals surface area contributed by atoms with Crippen LogP contribution >= 0.6 is 0 Å². The molecule has 0 saturated carbocycles. The predicted molar refractivity (Wildman–Crippen MR) is 77.1 cm³/mol. The van der Waals surface area contributed by atoms with E-state index in [1.165, 1.54) is 6.33 Å². The highest BCUT2D eigenvalue weighted by atomic mass is 16.2. The first-order valence-electron chi connectivity index (χ1n) is 7.27. The van der Waals surface area contributed by atoms with E-state index in [0.29, 0.717) is 18.8 Å². The zero-order valence-corrected chi connectivity index (χ0v) is 13.0. The van der Waals surface area contributed by atoms with Crippen molar-refractivity contribution in [1.82, 2.24) is 25.4 Å². The molecule has 116 valence electrons. The van der Waals surface area contributed by atoms with Gasteiger partial charge in [-0.3, -0.25) is 14.7 Å². The van der Waals surface area contributed by atoms with Crippen LogP contribution < -0.4 is 5.32 Å². The molecule has 21 heavy (non-hydrogen) atoms. The van der Waals surface area contributed by atoms with Crippen LogP contribution in [-0.2, 0) is 9.59 Å². The maximum Gasteiger partial charge on any atom is 0.243 e. The third-order valence-electron chi connectivity index (χ3n) is 3.66. The van der Waals surface area contributed by atoms with Crippen LogP contribution in [0.4, 0.5) is 0 Å². The Morgan fingerprint density at radius 2 is 2.19 bits per heavy atom. The fraction of sp³-hybridized carbons (Fsp3) is 0.714. The van der Waals surface area contributed by atoms with Crippen molar-refractivity contribution >= 4 is 11.8 Å². The number of rotatable bonds is 3.